The van der Waals surface area contributed by atoms with Gasteiger partial charge in [0.25, 0.3) is 0 Å². The Morgan fingerprint density at radius 1 is 1.00 bits per heavy atom. The highest BCUT2D eigenvalue weighted by Crippen LogP contribution is 2.68. The second kappa shape index (κ2) is 8.42. The molecule has 1 aromatic heterocycles. The molecule has 4 nitrogen and oxygen atoms in total. The van der Waals surface area contributed by atoms with Gasteiger partial charge in [0, 0.05) is 29.8 Å². The van der Waals surface area contributed by atoms with Gasteiger partial charge in [0.1, 0.15) is 11.9 Å². The normalized spacial score (nSPS) is 37.9. The number of rotatable bonds is 2. The monoisotopic (exact) mass is 466 g/mol. The lowest BCUT2D eigenvalue weighted by molar-refractivity contribution is -0.117. The summed E-state index contributed by atoms with van der Waals surface area (Å²) in [6.07, 6.45) is 13.8. The Morgan fingerprint density at radius 3 is 2.51 bits per heavy atom. The maximum atomic E-state index is 12.3. The first-order chi connectivity index (χ1) is 16.9. The fourth-order valence-corrected chi connectivity index (χ4v) is 8.44. The standard InChI is InChI=1S/C31H34N2O2/c1-3-13-31(35)14-12-28-26-10-8-22-15-24(34)9-11-25(22)29(26)27(16-30(28,31)2)21-6-4-20(5-7-21)23-17-32-19-33-18-23/h4-7,15,17-19,25-29,35H,8-12,14,16H2,1-2H3/t25-,26-,27+,28-,29+,30-,31-/m0/s1. The average molecular weight is 467 g/mol. The minimum Gasteiger partial charge on any atom is -0.377 e. The fraction of sp³-hybridized carbons (Fsp3) is 0.516. The molecule has 4 aliphatic carbocycles. The second-order valence-electron chi connectivity index (χ2n) is 11.5. The van der Waals surface area contributed by atoms with Gasteiger partial charge in [-0.05, 0) is 92.2 Å². The summed E-state index contributed by atoms with van der Waals surface area (Å²) in [5, 5.41) is 11.8. The Hall–Kier alpha value is -2.77. The molecule has 0 saturated heterocycles. The summed E-state index contributed by atoms with van der Waals surface area (Å²) < 4.78 is 0. The van der Waals surface area contributed by atoms with Gasteiger partial charge < -0.3 is 5.11 Å². The number of carbonyl (C=O) groups excluding carboxylic acids is 1. The minimum absolute atomic E-state index is 0.223. The quantitative estimate of drug-likeness (QED) is 0.574. The van der Waals surface area contributed by atoms with Crippen molar-refractivity contribution >= 4 is 5.78 Å². The van der Waals surface area contributed by atoms with Gasteiger partial charge in [-0.2, -0.15) is 0 Å². The van der Waals surface area contributed by atoms with Crippen LogP contribution in [0.5, 0.6) is 0 Å². The number of hydrogen-bond donors (Lipinski definition) is 1. The van der Waals surface area contributed by atoms with E-state index >= 15 is 0 Å². The van der Waals surface area contributed by atoms with Crippen LogP contribution in [0.1, 0.15) is 70.3 Å². The summed E-state index contributed by atoms with van der Waals surface area (Å²) in [5.41, 5.74) is 3.72. The number of nitrogens with zero attached hydrogens (tertiary/aromatic N) is 2. The van der Waals surface area contributed by atoms with Gasteiger partial charge in [-0.1, -0.05) is 42.7 Å². The van der Waals surface area contributed by atoms with Crippen LogP contribution in [0.15, 0.2) is 54.6 Å². The summed E-state index contributed by atoms with van der Waals surface area (Å²) in [7, 11) is 0. The van der Waals surface area contributed by atoms with Crippen LogP contribution in [-0.4, -0.2) is 26.5 Å². The van der Waals surface area contributed by atoms with Gasteiger partial charge in [-0.3, -0.25) is 4.79 Å². The van der Waals surface area contributed by atoms with Gasteiger partial charge in [-0.25, -0.2) is 9.97 Å². The van der Waals surface area contributed by atoms with Gasteiger partial charge >= 0.3 is 0 Å². The summed E-state index contributed by atoms with van der Waals surface area (Å²) >= 11 is 0. The van der Waals surface area contributed by atoms with Crippen molar-refractivity contribution in [3.05, 3.63) is 60.2 Å². The first-order valence-electron chi connectivity index (χ1n) is 13.2. The molecule has 2 aromatic rings. The van der Waals surface area contributed by atoms with Crippen LogP contribution in [-0.2, 0) is 4.79 Å². The van der Waals surface area contributed by atoms with E-state index in [-0.39, 0.29) is 5.41 Å². The third-order valence-corrected chi connectivity index (χ3v) is 10.0. The van der Waals surface area contributed by atoms with Crippen LogP contribution in [0, 0.1) is 40.9 Å². The molecule has 0 radical (unpaired) electrons. The predicted molar refractivity (Wildman–Crippen MR) is 136 cm³/mol. The molecule has 3 fully saturated rings. The van der Waals surface area contributed by atoms with Crippen LogP contribution < -0.4 is 0 Å². The number of carbonyl (C=O) groups is 1. The Labute approximate surface area is 208 Å². The van der Waals surface area contributed by atoms with Crippen molar-refractivity contribution in [1.82, 2.24) is 9.97 Å². The number of allylic oxidation sites excluding steroid dienone is 1. The zero-order valence-electron chi connectivity index (χ0n) is 20.7. The summed E-state index contributed by atoms with van der Waals surface area (Å²) in [4.78, 5) is 20.6. The molecule has 0 unspecified atom stereocenters. The van der Waals surface area contributed by atoms with Crippen LogP contribution >= 0.6 is 0 Å². The van der Waals surface area contributed by atoms with E-state index in [1.54, 1.807) is 6.33 Å². The van der Waals surface area contributed by atoms with Gasteiger partial charge in [0.2, 0.25) is 0 Å². The lowest BCUT2D eigenvalue weighted by Gasteiger charge is -2.58. The number of fused-ring (bicyclic) bond motifs is 5. The van der Waals surface area contributed by atoms with Crippen molar-refractivity contribution in [3.63, 3.8) is 0 Å². The molecule has 1 N–H and O–H groups in total. The molecule has 35 heavy (non-hydrogen) atoms. The second-order valence-corrected chi connectivity index (χ2v) is 11.5. The van der Waals surface area contributed by atoms with Gasteiger partial charge in [0.15, 0.2) is 5.78 Å². The Balaban J connectivity index is 1.43. The van der Waals surface area contributed by atoms with E-state index in [1.165, 1.54) is 11.1 Å². The average Bonchev–Trinajstić information content (AvgIpc) is 3.14. The largest absolute Gasteiger partial charge is 0.377 e. The molecule has 1 aromatic carbocycles. The minimum atomic E-state index is -0.921. The number of aromatic nitrogens is 2. The molecule has 0 aliphatic heterocycles. The molecule has 4 heteroatoms. The molecule has 1 heterocycles. The first-order valence-corrected chi connectivity index (χ1v) is 13.2. The molecule has 0 spiro atoms. The van der Waals surface area contributed by atoms with Crippen molar-refractivity contribution in [2.45, 2.75) is 70.3 Å². The fourth-order valence-electron chi connectivity index (χ4n) is 8.44. The first kappa shape index (κ1) is 22.7. The van der Waals surface area contributed by atoms with Gasteiger partial charge in [-0.15, -0.1) is 5.92 Å². The molecular formula is C31H34N2O2. The SMILES string of the molecule is CC#C[C@]1(O)CC[C@H]2[C@@H]3CCC4=CC(=O)CC[C@@H]4[C@H]3[C@@H](c3ccc(-c4cncnc4)cc3)C[C@@]21C. The third-order valence-electron chi connectivity index (χ3n) is 10.0. The zero-order valence-corrected chi connectivity index (χ0v) is 20.7. The third kappa shape index (κ3) is 3.51. The van der Waals surface area contributed by atoms with E-state index in [0.717, 1.165) is 49.7 Å². The molecule has 0 amide bonds. The highest BCUT2D eigenvalue weighted by atomic mass is 16.3. The Bertz CT molecular complexity index is 1220. The summed E-state index contributed by atoms with van der Waals surface area (Å²) in [6, 6.07) is 8.93. The summed E-state index contributed by atoms with van der Waals surface area (Å²) in [5.74, 6) is 8.99. The van der Waals surface area contributed by atoms with Crippen molar-refractivity contribution in [3.8, 4) is 23.0 Å². The van der Waals surface area contributed by atoms with Crippen LogP contribution in [0.3, 0.4) is 0 Å². The van der Waals surface area contributed by atoms with Crippen molar-refractivity contribution in [2.24, 2.45) is 29.1 Å². The van der Waals surface area contributed by atoms with Crippen LogP contribution in [0.25, 0.3) is 11.1 Å². The maximum Gasteiger partial charge on any atom is 0.155 e. The van der Waals surface area contributed by atoms with Gasteiger partial charge in [0.05, 0.1) is 0 Å². The Morgan fingerprint density at radius 2 is 1.77 bits per heavy atom. The van der Waals surface area contributed by atoms with Crippen molar-refractivity contribution in [1.29, 1.82) is 0 Å². The topological polar surface area (TPSA) is 63.1 Å². The van der Waals surface area contributed by atoms with E-state index in [0.29, 0.717) is 41.8 Å². The number of aliphatic hydroxyl groups is 1. The molecular weight excluding hydrogens is 432 g/mol. The lowest BCUT2D eigenvalue weighted by Crippen LogP contribution is -2.54. The van der Waals surface area contributed by atoms with Crippen LogP contribution in [0.4, 0.5) is 0 Å². The van der Waals surface area contributed by atoms with Crippen molar-refractivity contribution < 1.29 is 9.90 Å². The van der Waals surface area contributed by atoms with E-state index in [9.17, 15) is 9.90 Å². The molecule has 180 valence electrons. The highest BCUT2D eigenvalue weighted by Gasteiger charge is 2.64. The van der Waals surface area contributed by atoms with E-state index < -0.39 is 5.60 Å². The Kier molecular flexibility index (Phi) is 5.45. The van der Waals surface area contributed by atoms with E-state index in [4.69, 9.17) is 0 Å². The summed E-state index contributed by atoms with van der Waals surface area (Å²) in [6.45, 7) is 4.16. The molecule has 4 aliphatic rings. The number of ketones is 1. The molecule has 0 bridgehead atoms. The molecule has 3 saturated carbocycles. The predicted octanol–water partition coefficient (Wildman–Crippen LogP) is 5.73. The zero-order chi connectivity index (χ0) is 24.2. The van der Waals surface area contributed by atoms with Crippen molar-refractivity contribution in [2.75, 3.05) is 0 Å². The lowest BCUT2D eigenvalue weighted by atomic mass is 9.46. The number of hydrogen-bond acceptors (Lipinski definition) is 4. The highest BCUT2D eigenvalue weighted by molar-refractivity contribution is 5.91. The maximum absolute atomic E-state index is 12.3. The number of benzene rings is 1. The van der Waals surface area contributed by atoms with E-state index in [2.05, 4.69) is 53.0 Å². The smallest absolute Gasteiger partial charge is 0.155 e. The van der Waals surface area contributed by atoms with Crippen LogP contribution in [0.2, 0.25) is 0 Å². The van der Waals surface area contributed by atoms with E-state index in [1.807, 2.05) is 25.4 Å². The molecule has 6 rings (SSSR count). The molecule has 7 atom stereocenters.